The van der Waals surface area contributed by atoms with Gasteiger partial charge < -0.3 is 10.1 Å². The lowest BCUT2D eigenvalue weighted by atomic mass is 10.0. The fraction of sp³-hybridized carbons (Fsp3) is 0.278. The Morgan fingerprint density at radius 2 is 1.71 bits per heavy atom. The number of carbonyl (C=O) groups is 1. The van der Waals surface area contributed by atoms with Crippen LogP contribution < -0.4 is 10.1 Å². The van der Waals surface area contributed by atoms with Crippen molar-refractivity contribution >= 4 is 11.6 Å². The molecule has 3 heteroatoms. The van der Waals surface area contributed by atoms with E-state index in [1.165, 1.54) is 5.56 Å². The van der Waals surface area contributed by atoms with Gasteiger partial charge in [0.15, 0.2) is 6.10 Å². The van der Waals surface area contributed by atoms with Crippen molar-refractivity contribution in [3.05, 3.63) is 60.2 Å². The van der Waals surface area contributed by atoms with E-state index < -0.39 is 6.10 Å². The van der Waals surface area contributed by atoms with Gasteiger partial charge in [0.05, 0.1) is 0 Å². The summed E-state index contributed by atoms with van der Waals surface area (Å²) in [5.74, 6) is 0.968. The SMILES string of the molecule is CC(Oc1ccccc1)C(=O)Nc1cccc(C(C)C)c1. The lowest BCUT2D eigenvalue weighted by Gasteiger charge is -2.15. The molecule has 1 N–H and O–H groups in total. The second-order valence-corrected chi connectivity index (χ2v) is 5.34. The molecule has 0 heterocycles. The van der Waals surface area contributed by atoms with E-state index in [2.05, 4.69) is 25.2 Å². The molecule has 0 aromatic heterocycles. The molecule has 2 aromatic carbocycles. The summed E-state index contributed by atoms with van der Waals surface area (Å²) in [7, 11) is 0. The number of rotatable bonds is 5. The van der Waals surface area contributed by atoms with Crippen LogP contribution in [0.4, 0.5) is 5.69 Å². The molecule has 2 aromatic rings. The molecule has 0 bridgehead atoms. The van der Waals surface area contributed by atoms with Gasteiger partial charge in [-0.05, 0) is 42.7 Å². The first-order valence-electron chi connectivity index (χ1n) is 7.19. The Morgan fingerprint density at radius 3 is 2.38 bits per heavy atom. The molecule has 3 nitrogen and oxygen atoms in total. The summed E-state index contributed by atoms with van der Waals surface area (Å²) in [5.41, 5.74) is 2.00. The van der Waals surface area contributed by atoms with E-state index in [-0.39, 0.29) is 5.91 Å². The minimum absolute atomic E-state index is 0.153. The van der Waals surface area contributed by atoms with Gasteiger partial charge in [0.25, 0.3) is 5.91 Å². The number of nitrogens with one attached hydrogen (secondary N) is 1. The molecular weight excluding hydrogens is 262 g/mol. The van der Waals surface area contributed by atoms with Crippen molar-refractivity contribution in [1.82, 2.24) is 0 Å². The number of ether oxygens (including phenoxy) is 1. The monoisotopic (exact) mass is 283 g/mol. The topological polar surface area (TPSA) is 38.3 Å². The minimum Gasteiger partial charge on any atom is -0.481 e. The van der Waals surface area contributed by atoms with Gasteiger partial charge in [-0.15, -0.1) is 0 Å². The van der Waals surface area contributed by atoms with Crippen LogP contribution in [0.1, 0.15) is 32.3 Å². The van der Waals surface area contributed by atoms with E-state index in [0.29, 0.717) is 11.7 Å². The predicted molar refractivity (Wildman–Crippen MR) is 85.7 cm³/mol. The maximum absolute atomic E-state index is 12.2. The number of hydrogen-bond donors (Lipinski definition) is 1. The van der Waals surface area contributed by atoms with E-state index in [1.54, 1.807) is 6.92 Å². The van der Waals surface area contributed by atoms with Gasteiger partial charge in [0.1, 0.15) is 5.75 Å². The molecular formula is C18H21NO2. The normalized spacial score (nSPS) is 12.0. The highest BCUT2D eigenvalue weighted by atomic mass is 16.5. The number of amides is 1. The molecule has 1 atom stereocenters. The summed E-state index contributed by atoms with van der Waals surface area (Å²) in [6, 6.07) is 17.2. The summed E-state index contributed by atoms with van der Waals surface area (Å²) < 4.78 is 5.61. The Morgan fingerprint density at radius 1 is 1.00 bits per heavy atom. The maximum Gasteiger partial charge on any atom is 0.265 e. The van der Waals surface area contributed by atoms with E-state index in [0.717, 1.165) is 5.69 Å². The van der Waals surface area contributed by atoms with Crippen LogP contribution in [0.15, 0.2) is 54.6 Å². The van der Waals surface area contributed by atoms with E-state index in [1.807, 2.05) is 48.5 Å². The lowest BCUT2D eigenvalue weighted by molar-refractivity contribution is -0.122. The summed E-state index contributed by atoms with van der Waals surface area (Å²) in [6.07, 6.45) is -0.546. The van der Waals surface area contributed by atoms with Crippen LogP contribution in [0.3, 0.4) is 0 Å². The number of hydrogen-bond acceptors (Lipinski definition) is 2. The molecule has 1 unspecified atom stereocenters. The maximum atomic E-state index is 12.2. The average molecular weight is 283 g/mol. The van der Waals surface area contributed by atoms with Gasteiger partial charge in [0, 0.05) is 5.69 Å². The lowest BCUT2D eigenvalue weighted by Crippen LogP contribution is -2.30. The molecule has 0 aliphatic heterocycles. The van der Waals surface area contributed by atoms with Gasteiger partial charge in [-0.3, -0.25) is 4.79 Å². The smallest absolute Gasteiger partial charge is 0.265 e. The second-order valence-electron chi connectivity index (χ2n) is 5.34. The van der Waals surface area contributed by atoms with E-state index in [9.17, 15) is 4.79 Å². The highest BCUT2D eigenvalue weighted by Gasteiger charge is 2.15. The Hall–Kier alpha value is -2.29. The van der Waals surface area contributed by atoms with Gasteiger partial charge >= 0.3 is 0 Å². The minimum atomic E-state index is -0.546. The predicted octanol–water partition coefficient (Wildman–Crippen LogP) is 4.22. The van der Waals surface area contributed by atoms with Gasteiger partial charge in [0.2, 0.25) is 0 Å². The Kier molecular flexibility index (Phi) is 4.99. The zero-order valence-electron chi connectivity index (χ0n) is 12.7. The number of para-hydroxylation sites is 1. The molecule has 0 spiro atoms. The summed E-state index contributed by atoms with van der Waals surface area (Å²) in [4.78, 5) is 12.2. The van der Waals surface area contributed by atoms with Crippen molar-refractivity contribution in [1.29, 1.82) is 0 Å². The molecule has 110 valence electrons. The fourth-order valence-electron chi connectivity index (χ4n) is 1.98. The molecule has 1 amide bonds. The molecule has 0 aliphatic rings. The van der Waals surface area contributed by atoms with Crippen LogP contribution in [0.5, 0.6) is 5.75 Å². The van der Waals surface area contributed by atoms with Crippen molar-refractivity contribution < 1.29 is 9.53 Å². The summed E-state index contributed by atoms with van der Waals surface area (Å²) in [5, 5.41) is 2.89. The molecule has 0 fully saturated rings. The van der Waals surface area contributed by atoms with Crippen LogP contribution in [-0.4, -0.2) is 12.0 Å². The largest absolute Gasteiger partial charge is 0.481 e. The first-order chi connectivity index (χ1) is 10.1. The van der Waals surface area contributed by atoms with Crippen molar-refractivity contribution in [2.45, 2.75) is 32.8 Å². The van der Waals surface area contributed by atoms with Crippen molar-refractivity contribution in [3.8, 4) is 5.75 Å². The quantitative estimate of drug-likeness (QED) is 0.892. The molecule has 2 rings (SSSR count). The van der Waals surface area contributed by atoms with E-state index >= 15 is 0 Å². The first kappa shape index (κ1) is 15.1. The van der Waals surface area contributed by atoms with Crippen LogP contribution in [0, 0.1) is 0 Å². The zero-order valence-corrected chi connectivity index (χ0v) is 12.7. The standard InChI is InChI=1S/C18H21NO2/c1-13(2)15-8-7-9-16(12-15)19-18(20)14(3)21-17-10-5-4-6-11-17/h4-14H,1-3H3,(H,19,20). The third-order valence-corrected chi connectivity index (χ3v) is 3.25. The molecule has 21 heavy (non-hydrogen) atoms. The Balaban J connectivity index is 1.99. The van der Waals surface area contributed by atoms with Crippen molar-refractivity contribution in [3.63, 3.8) is 0 Å². The van der Waals surface area contributed by atoms with Gasteiger partial charge in [-0.2, -0.15) is 0 Å². The van der Waals surface area contributed by atoms with Crippen LogP contribution in [0.2, 0.25) is 0 Å². The fourth-order valence-corrected chi connectivity index (χ4v) is 1.98. The molecule has 0 radical (unpaired) electrons. The second kappa shape index (κ2) is 6.93. The third-order valence-electron chi connectivity index (χ3n) is 3.25. The average Bonchev–Trinajstić information content (AvgIpc) is 2.48. The highest BCUT2D eigenvalue weighted by molar-refractivity contribution is 5.94. The van der Waals surface area contributed by atoms with E-state index in [4.69, 9.17) is 4.74 Å². The van der Waals surface area contributed by atoms with Gasteiger partial charge in [-0.1, -0.05) is 44.2 Å². The Labute approximate surface area is 126 Å². The highest BCUT2D eigenvalue weighted by Crippen LogP contribution is 2.19. The van der Waals surface area contributed by atoms with Gasteiger partial charge in [-0.25, -0.2) is 0 Å². The summed E-state index contributed by atoms with van der Waals surface area (Å²) >= 11 is 0. The Bertz CT molecular complexity index is 593. The third kappa shape index (κ3) is 4.35. The van der Waals surface area contributed by atoms with Crippen molar-refractivity contribution in [2.75, 3.05) is 5.32 Å². The van der Waals surface area contributed by atoms with Crippen LogP contribution >= 0.6 is 0 Å². The number of benzene rings is 2. The zero-order chi connectivity index (χ0) is 15.2. The van der Waals surface area contributed by atoms with Crippen LogP contribution in [-0.2, 0) is 4.79 Å². The number of carbonyl (C=O) groups excluding carboxylic acids is 1. The molecule has 0 aliphatic carbocycles. The first-order valence-corrected chi connectivity index (χ1v) is 7.19. The number of anilines is 1. The van der Waals surface area contributed by atoms with Crippen molar-refractivity contribution in [2.24, 2.45) is 0 Å². The summed E-state index contributed by atoms with van der Waals surface area (Å²) in [6.45, 7) is 6.00. The molecule has 0 saturated carbocycles. The molecule has 0 saturated heterocycles. The van der Waals surface area contributed by atoms with Crippen LogP contribution in [0.25, 0.3) is 0 Å².